The molecule has 25 heavy (non-hydrogen) atoms. The fraction of sp³-hybridized carbons (Fsp3) is 0.400. The van der Waals surface area contributed by atoms with Gasteiger partial charge in [-0.25, -0.2) is 0 Å². The minimum absolute atomic E-state index is 0.630. The van der Waals surface area contributed by atoms with Crippen molar-refractivity contribution in [3.8, 4) is 11.5 Å². The summed E-state index contributed by atoms with van der Waals surface area (Å²) in [5, 5.41) is 11.6. The number of piperidine rings is 1. The average Bonchev–Trinajstić information content (AvgIpc) is 2.64. The maximum atomic E-state index is 11.0. The van der Waals surface area contributed by atoms with E-state index >= 15 is 0 Å². The summed E-state index contributed by atoms with van der Waals surface area (Å²) in [6.45, 7) is 2.33. The highest BCUT2D eigenvalue weighted by molar-refractivity contribution is 6.30. The van der Waals surface area contributed by atoms with E-state index in [1.54, 1.807) is 20.3 Å². The first-order chi connectivity index (χ1) is 12.1. The molecule has 0 bridgehead atoms. The molecule has 0 spiro atoms. The van der Waals surface area contributed by atoms with Gasteiger partial charge >= 0.3 is 0 Å². The van der Waals surface area contributed by atoms with Gasteiger partial charge in [0.1, 0.15) is 0 Å². The highest BCUT2D eigenvalue weighted by Crippen LogP contribution is 2.37. The van der Waals surface area contributed by atoms with Crippen molar-refractivity contribution in [2.45, 2.75) is 25.0 Å². The smallest absolute Gasteiger partial charge is 0.165 e. The molecule has 1 N–H and O–H groups in total. The lowest BCUT2D eigenvalue weighted by molar-refractivity contribution is -0.0278. The molecule has 0 unspecified atom stereocenters. The molecule has 0 atom stereocenters. The van der Waals surface area contributed by atoms with Crippen molar-refractivity contribution < 1.29 is 14.6 Å². The molecule has 0 saturated carbocycles. The van der Waals surface area contributed by atoms with Crippen LogP contribution in [0.1, 0.15) is 24.0 Å². The van der Waals surface area contributed by atoms with Crippen molar-refractivity contribution in [1.29, 1.82) is 0 Å². The second-order valence-corrected chi connectivity index (χ2v) is 6.91. The fourth-order valence-corrected chi connectivity index (χ4v) is 3.71. The number of benzene rings is 2. The molecule has 0 amide bonds. The zero-order valence-corrected chi connectivity index (χ0v) is 15.4. The molecule has 134 valence electrons. The Labute approximate surface area is 153 Å². The fourth-order valence-electron chi connectivity index (χ4n) is 3.48. The van der Waals surface area contributed by atoms with Gasteiger partial charge in [0.2, 0.25) is 0 Å². The monoisotopic (exact) mass is 361 g/mol. The number of ether oxygens (including phenoxy) is 2. The molecule has 4 nitrogen and oxygen atoms in total. The molecular formula is C20H24ClNO3. The van der Waals surface area contributed by atoms with E-state index < -0.39 is 5.60 Å². The quantitative estimate of drug-likeness (QED) is 0.878. The van der Waals surface area contributed by atoms with Gasteiger partial charge in [0.25, 0.3) is 0 Å². The van der Waals surface area contributed by atoms with Gasteiger partial charge in [-0.05, 0) is 24.5 Å². The van der Waals surface area contributed by atoms with E-state index in [0.717, 1.165) is 30.0 Å². The van der Waals surface area contributed by atoms with Gasteiger partial charge in [0, 0.05) is 36.3 Å². The van der Waals surface area contributed by atoms with Crippen LogP contribution in [0.3, 0.4) is 0 Å². The van der Waals surface area contributed by atoms with Gasteiger partial charge in [-0.3, -0.25) is 4.90 Å². The summed E-state index contributed by atoms with van der Waals surface area (Å²) >= 11 is 6.21. The maximum absolute atomic E-state index is 11.0. The van der Waals surface area contributed by atoms with Gasteiger partial charge < -0.3 is 14.6 Å². The van der Waals surface area contributed by atoms with E-state index in [-0.39, 0.29) is 0 Å². The first kappa shape index (κ1) is 18.1. The topological polar surface area (TPSA) is 41.9 Å². The maximum Gasteiger partial charge on any atom is 0.165 e. The number of rotatable bonds is 5. The molecule has 1 fully saturated rings. The number of nitrogens with zero attached hydrogens (tertiary/aromatic N) is 1. The number of likely N-dealkylation sites (tertiary alicyclic amines) is 1. The zero-order chi connectivity index (χ0) is 17.9. The van der Waals surface area contributed by atoms with Crippen molar-refractivity contribution in [3.63, 3.8) is 0 Å². The molecule has 0 aromatic heterocycles. The third-order valence-electron chi connectivity index (χ3n) is 4.91. The van der Waals surface area contributed by atoms with Crippen LogP contribution in [0.5, 0.6) is 11.5 Å². The van der Waals surface area contributed by atoms with Crippen LogP contribution in [0.4, 0.5) is 0 Å². The predicted octanol–water partition coefficient (Wildman–Crippen LogP) is 3.84. The van der Waals surface area contributed by atoms with E-state index in [1.807, 2.05) is 36.4 Å². The molecule has 1 aliphatic rings. The van der Waals surface area contributed by atoms with E-state index in [9.17, 15) is 5.11 Å². The standard InChI is InChI=1S/C20H24ClNO3/c1-24-18-13-17(21)12-15(19(18)25-2)14-22-10-8-20(23,9-11-22)16-6-4-3-5-7-16/h3-7,12-13,23H,8-11,14H2,1-2H3. The van der Waals surface area contributed by atoms with Crippen LogP contribution in [0.15, 0.2) is 42.5 Å². The molecule has 1 aliphatic heterocycles. The number of hydrogen-bond donors (Lipinski definition) is 1. The van der Waals surface area contributed by atoms with Crippen molar-refractivity contribution in [1.82, 2.24) is 4.90 Å². The lowest BCUT2D eigenvalue weighted by Gasteiger charge is -2.38. The first-order valence-corrected chi connectivity index (χ1v) is 8.84. The van der Waals surface area contributed by atoms with Gasteiger partial charge in [-0.15, -0.1) is 0 Å². The Morgan fingerprint density at radius 3 is 2.36 bits per heavy atom. The number of hydrogen-bond acceptors (Lipinski definition) is 4. The Hall–Kier alpha value is -1.75. The molecule has 3 rings (SSSR count). The lowest BCUT2D eigenvalue weighted by atomic mass is 9.84. The third-order valence-corrected chi connectivity index (χ3v) is 5.13. The van der Waals surface area contributed by atoms with E-state index in [0.29, 0.717) is 30.2 Å². The SMILES string of the molecule is COc1cc(Cl)cc(CN2CCC(O)(c3ccccc3)CC2)c1OC. The average molecular weight is 362 g/mol. The molecule has 2 aromatic carbocycles. The summed E-state index contributed by atoms with van der Waals surface area (Å²) in [6.07, 6.45) is 1.41. The van der Waals surface area contributed by atoms with E-state index in [1.165, 1.54) is 0 Å². The highest BCUT2D eigenvalue weighted by atomic mass is 35.5. The Bertz CT molecular complexity index is 712. The van der Waals surface area contributed by atoms with Crippen LogP contribution in [-0.2, 0) is 12.1 Å². The van der Waals surface area contributed by atoms with Crippen molar-refractivity contribution in [2.75, 3.05) is 27.3 Å². The second-order valence-electron chi connectivity index (χ2n) is 6.47. The van der Waals surface area contributed by atoms with Crippen LogP contribution < -0.4 is 9.47 Å². The normalized spacial score (nSPS) is 17.3. The highest BCUT2D eigenvalue weighted by Gasteiger charge is 2.34. The van der Waals surface area contributed by atoms with Crippen LogP contribution in [-0.4, -0.2) is 37.3 Å². The van der Waals surface area contributed by atoms with Gasteiger partial charge in [0.05, 0.1) is 19.8 Å². The van der Waals surface area contributed by atoms with E-state index in [4.69, 9.17) is 21.1 Å². The van der Waals surface area contributed by atoms with Crippen molar-refractivity contribution >= 4 is 11.6 Å². The summed E-state index contributed by atoms with van der Waals surface area (Å²) in [5.74, 6) is 1.36. The summed E-state index contributed by atoms with van der Waals surface area (Å²) in [5.41, 5.74) is 1.25. The molecular weight excluding hydrogens is 338 g/mol. The Kier molecular flexibility index (Phi) is 5.52. The van der Waals surface area contributed by atoms with Gasteiger partial charge in [0.15, 0.2) is 11.5 Å². The van der Waals surface area contributed by atoms with Crippen LogP contribution in [0, 0.1) is 0 Å². The Balaban J connectivity index is 1.72. The second kappa shape index (κ2) is 7.65. The van der Waals surface area contributed by atoms with Crippen LogP contribution in [0.2, 0.25) is 5.02 Å². The van der Waals surface area contributed by atoms with Crippen LogP contribution in [0.25, 0.3) is 0 Å². The Morgan fingerprint density at radius 1 is 1.08 bits per heavy atom. The summed E-state index contributed by atoms with van der Waals surface area (Å²) < 4.78 is 10.9. The summed E-state index contributed by atoms with van der Waals surface area (Å²) in [6, 6.07) is 13.6. The minimum Gasteiger partial charge on any atom is -0.493 e. The third kappa shape index (κ3) is 3.92. The van der Waals surface area contributed by atoms with Gasteiger partial charge in [-0.2, -0.15) is 0 Å². The van der Waals surface area contributed by atoms with E-state index in [2.05, 4.69) is 4.90 Å². The Morgan fingerprint density at radius 2 is 1.76 bits per heavy atom. The number of halogens is 1. The zero-order valence-electron chi connectivity index (χ0n) is 14.7. The van der Waals surface area contributed by atoms with Crippen molar-refractivity contribution in [3.05, 3.63) is 58.6 Å². The first-order valence-electron chi connectivity index (χ1n) is 8.46. The molecule has 5 heteroatoms. The molecule has 1 saturated heterocycles. The predicted molar refractivity (Wildman–Crippen MR) is 99.4 cm³/mol. The molecule has 2 aromatic rings. The van der Waals surface area contributed by atoms with Crippen molar-refractivity contribution in [2.24, 2.45) is 0 Å². The minimum atomic E-state index is -0.742. The largest absolute Gasteiger partial charge is 0.493 e. The molecule has 0 aliphatic carbocycles. The number of aliphatic hydroxyl groups is 1. The molecule has 1 heterocycles. The summed E-state index contributed by atoms with van der Waals surface area (Å²) in [4.78, 5) is 2.31. The number of methoxy groups -OCH3 is 2. The van der Waals surface area contributed by atoms with Gasteiger partial charge in [-0.1, -0.05) is 41.9 Å². The summed E-state index contributed by atoms with van der Waals surface area (Å²) in [7, 11) is 3.25. The lowest BCUT2D eigenvalue weighted by Crippen LogP contribution is -2.42. The van der Waals surface area contributed by atoms with Crippen LogP contribution >= 0.6 is 11.6 Å². The molecule has 0 radical (unpaired) electrons.